The van der Waals surface area contributed by atoms with Gasteiger partial charge in [-0.1, -0.05) is 12.1 Å². The first kappa shape index (κ1) is 12.7. The lowest BCUT2D eigenvalue weighted by Crippen LogP contribution is -1.94. The Hall–Kier alpha value is -2.27. The Labute approximate surface area is 120 Å². The van der Waals surface area contributed by atoms with E-state index in [1.807, 2.05) is 43.3 Å². The fourth-order valence-electron chi connectivity index (χ4n) is 2.00. The fraction of sp³-hybridized carbons (Fsp3) is 0.133. The molecule has 0 saturated heterocycles. The van der Waals surface area contributed by atoms with Gasteiger partial charge in [-0.2, -0.15) is 0 Å². The van der Waals surface area contributed by atoms with Crippen LogP contribution in [0.2, 0.25) is 0 Å². The minimum atomic E-state index is 0.590. The number of anilines is 1. The summed E-state index contributed by atoms with van der Waals surface area (Å²) in [5.41, 5.74) is 7.53. The van der Waals surface area contributed by atoms with Gasteiger partial charge in [-0.25, -0.2) is 4.98 Å². The summed E-state index contributed by atoms with van der Waals surface area (Å²) >= 11 is 1.62. The molecule has 0 bridgehead atoms. The Morgan fingerprint density at radius 3 is 2.60 bits per heavy atom. The molecular weight excluding hydrogens is 272 g/mol. The smallest absolute Gasteiger partial charge is 0.169 e. The van der Waals surface area contributed by atoms with Crippen molar-refractivity contribution in [1.29, 1.82) is 0 Å². The second-order valence-corrected chi connectivity index (χ2v) is 5.58. The van der Waals surface area contributed by atoms with Gasteiger partial charge in [0.15, 0.2) is 17.2 Å². The molecule has 20 heavy (non-hydrogen) atoms. The van der Waals surface area contributed by atoms with E-state index in [2.05, 4.69) is 4.98 Å². The average molecular weight is 286 g/mol. The van der Waals surface area contributed by atoms with Crippen molar-refractivity contribution < 1.29 is 9.47 Å². The number of ether oxygens (including phenoxy) is 2. The zero-order valence-corrected chi connectivity index (χ0v) is 12.0. The lowest BCUT2D eigenvalue weighted by atomic mass is 10.2. The minimum absolute atomic E-state index is 0.590. The van der Waals surface area contributed by atoms with Crippen LogP contribution < -0.4 is 15.2 Å². The number of nitrogen functional groups attached to an aromatic ring is 1. The number of hydrogen-bond acceptors (Lipinski definition) is 5. The van der Waals surface area contributed by atoms with E-state index in [1.165, 1.54) is 0 Å². The van der Waals surface area contributed by atoms with Crippen LogP contribution in [0.25, 0.3) is 10.2 Å². The quantitative estimate of drug-likeness (QED) is 0.740. The molecular formula is C15H14N2O2S. The molecule has 0 saturated carbocycles. The van der Waals surface area contributed by atoms with Gasteiger partial charge in [0.25, 0.3) is 0 Å². The molecule has 1 heterocycles. The zero-order valence-electron chi connectivity index (χ0n) is 11.2. The van der Waals surface area contributed by atoms with Gasteiger partial charge in [0, 0.05) is 6.07 Å². The summed E-state index contributed by atoms with van der Waals surface area (Å²) in [7, 11) is 1.61. The van der Waals surface area contributed by atoms with Gasteiger partial charge in [0.1, 0.15) is 0 Å². The van der Waals surface area contributed by atoms with Gasteiger partial charge in [-0.05, 0) is 25.1 Å². The molecule has 2 N–H and O–H groups in total. The number of para-hydroxylation sites is 2. The van der Waals surface area contributed by atoms with Gasteiger partial charge in [-0.15, -0.1) is 11.3 Å². The van der Waals surface area contributed by atoms with E-state index in [0.29, 0.717) is 22.9 Å². The maximum absolute atomic E-state index is 6.05. The Bertz CT molecular complexity index is 768. The van der Waals surface area contributed by atoms with Gasteiger partial charge in [-0.3, -0.25) is 0 Å². The molecule has 4 nitrogen and oxygen atoms in total. The van der Waals surface area contributed by atoms with Crippen molar-refractivity contribution in [3.05, 3.63) is 41.4 Å². The second kappa shape index (κ2) is 5.02. The summed E-state index contributed by atoms with van der Waals surface area (Å²) in [6.07, 6.45) is 0. The SMILES string of the molecule is COc1ccccc1Oc1cc2nc(C)sc2cc1N. The molecule has 2 aromatic carbocycles. The van der Waals surface area contributed by atoms with Crippen molar-refractivity contribution in [3.63, 3.8) is 0 Å². The Kier molecular flexibility index (Phi) is 3.20. The molecule has 0 atom stereocenters. The van der Waals surface area contributed by atoms with E-state index in [1.54, 1.807) is 18.4 Å². The molecule has 5 heteroatoms. The molecule has 3 rings (SSSR count). The first-order chi connectivity index (χ1) is 9.67. The molecule has 102 valence electrons. The van der Waals surface area contributed by atoms with E-state index in [9.17, 15) is 0 Å². The highest BCUT2D eigenvalue weighted by molar-refractivity contribution is 7.18. The number of aromatic nitrogens is 1. The van der Waals surface area contributed by atoms with Crippen LogP contribution in [-0.4, -0.2) is 12.1 Å². The normalized spacial score (nSPS) is 10.7. The number of methoxy groups -OCH3 is 1. The maximum atomic E-state index is 6.05. The number of rotatable bonds is 3. The highest BCUT2D eigenvalue weighted by atomic mass is 32.1. The van der Waals surface area contributed by atoms with Crippen LogP contribution in [0.15, 0.2) is 36.4 Å². The average Bonchev–Trinajstić information content (AvgIpc) is 2.79. The fourth-order valence-corrected chi connectivity index (χ4v) is 2.85. The number of benzene rings is 2. The van der Waals surface area contributed by atoms with Gasteiger partial charge in [0.2, 0.25) is 0 Å². The van der Waals surface area contributed by atoms with Crippen LogP contribution in [0.5, 0.6) is 17.2 Å². The van der Waals surface area contributed by atoms with E-state index in [4.69, 9.17) is 15.2 Å². The number of hydrogen-bond donors (Lipinski definition) is 1. The van der Waals surface area contributed by atoms with Gasteiger partial charge >= 0.3 is 0 Å². The van der Waals surface area contributed by atoms with E-state index < -0.39 is 0 Å². The Morgan fingerprint density at radius 1 is 1.10 bits per heavy atom. The van der Waals surface area contributed by atoms with Crippen molar-refractivity contribution >= 4 is 27.2 Å². The van der Waals surface area contributed by atoms with Crippen LogP contribution in [0, 0.1) is 6.92 Å². The molecule has 0 spiro atoms. The first-order valence-electron chi connectivity index (χ1n) is 6.15. The number of nitrogens with two attached hydrogens (primary N) is 1. The number of aryl methyl sites for hydroxylation is 1. The summed E-state index contributed by atoms with van der Waals surface area (Å²) < 4.78 is 12.2. The van der Waals surface area contributed by atoms with Crippen LogP contribution in [0.3, 0.4) is 0 Å². The zero-order chi connectivity index (χ0) is 14.1. The van der Waals surface area contributed by atoms with Gasteiger partial charge < -0.3 is 15.2 Å². The van der Waals surface area contributed by atoms with E-state index >= 15 is 0 Å². The maximum Gasteiger partial charge on any atom is 0.169 e. The summed E-state index contributed by atoms with van der Waals surface area (Å²) in [4.78, 5) is 4.45. The first-order valence-corrected chi connectivity index (χ1v) is 6.96. The van der Waals surface area contributed by atoms with E-state index in [-0.39, 0.29) is 0 Å². The van der Waals surface area contributed by atoms with Crippen LogP contribution in [0.1, 0.15) is 5.01 Å². The van der Waals surface area contributed by atoms with Crippen molar-refractivity contribution in [2.24, 2.45) is 0 Å². The minimum Gasteiger partial charge on any atom is -0.493 e. The molecule has 0 fully saturated rings. The number of nitrogens with zero attached hydrogens (tertiary/aromatic N) is 1. The van der Waals surface area contributed by atoms with Crippen LogP contribution in [-0.2, 0) is 0 Å². The third kappa shape index (κ3) is 2.28. The van der Waals surface area contributed by atoms with Crippen molar-refractivity contribution in [2.45, 2.75) is 6.92 Å². The Balaban J connectivity index is 2.03. The molecule has 3 aromatic rings. The molecule has 0 amide bonds. The van der Waals surface area contributed by atoms with Crippen molar-refractivity contribution in [3.8, 4) is 17.2 Å². The monoisotopic (exact) mass is 286 g/mol. The molecule has 0 aliphatic carbocycles. The molecule has 1 aromatic heterocycles. The second-order valence-electron chi connectivity index (χ2n) is 4.34. The lowest BCUT2D eigenvalue weighted by Gasteiger charge is -2.11. The largest absolute Gasteiger partial charge is 0.493 e. The lowest BCUT2D eigenvalue weighted by molar-refractivity contribution is 0.379. The standard InChI is InChI=1S/C15H14N2O2S/c1-9-17-11-8-14(10(16)7-15(11)20-9)19-13-6-4-3-5-12(13)18-2/h3-8H,16H2,1-2H3. The highest BCUT2D eigenvalue weighted by Gasteiger charge is 2.10. The number of fused-ring (bicyclic) bond motifs is 1. The molecule has 0 unspecified atom stereocenters. The summed E-state index contributed by atoms with van der Waals surface area (Å²) in [6, 6.07) is 11.2. The molecule has 0 aliphatic rings. The molecule has 0 aliphatic heterocycles. The molecule has 0 radical (unpaired) electrons. The third-order valence-electron chi connectivity index (χ3n) is 2.92. The predicted molar refractivity (Wildman–Crippen MR) is 81.8 cm³/mol. The van der Waals surface area contributed by atoms with E-state index in [0.717, 1.165) is 15.2 Å². The summed E-state index contributed by atoms with van der Waals surface area (Å²) in [5, 5.41) is 1.01. The van der Waals surface area contributed by atoms with Crippen molar-refractivity contribution in [2.75, 3.05) is 12.8 Å². The third-order valence-corrected chi connectivity index (χ3v) is 3.85. The van der Waals surface area contributed by atoms with Crippen molar-refractivity contribution in [1.82, 2.24) is 4.98 Å². The highest BCUT2D eigenvalue weighted by Crippen LogP contribution is 2.37. The summed E-state index contributed by atoms with van der Waals surface area (Å²) in [5.74, 6) is 1.89. The predicted octanol–water partition coefficient (Wildman–Crippen LogP) is 3.99. The van der Waals surface area contributed by atoms with Gasteiger partial charge in [0.05, 0.1) is 28.0 Å². The van der Waals surface area contributed by atoms with Crippen LogP contribution >= 0.6 is 11.3 Å². The number of thiazole rings is 1. The van der Waals surface area contributed by atoms with Crippen LogP contribution in [0.4, 0.5) is 5.69 Å². The summed E-state index contributed by atoms with van der Waals surface area (Å²) in [6.45, 7) is 1.97. The topological polar surface area (TPSA) is 57.4 Å². The Morgan fingerprint density at radius 2 is 1.85 bits per heavy atom.